The average Bonchev–Trinajstić information content (AvgIpc) is 2.65. The third-order valence-corrected chi connectivity index (χ3v) is 6.39. The van der Waals surface area contributed by atoms with Gasteiger partial charge in [-0.2, -0.15) is 0 Å². The van der Waals surface area contributed by atoms with E-state index in [1.54, 1.807) is 12.1 Å². The molecule has 0 amide bonds. The van der Waals surface area contributed by atoms with Crippen molar-refractivity contribution in [3.63, 3.8) is 0 Å². The molecule has 0 aliphatic carbocycles. The fraction of sp³-hybridized carbons (Fsp3) is 0.217. The van der Waals surface area contributed by atoms with E-state index in [0.717, 1.165) is 16.7 Å². The fourth-order valence-corrected chi connectivity index (χ4v) is 4.41. The van der Waals surface area contributed by atoms with Crippen LogP contribution in [-0.4, -0.2) is 8.42 Å². The number of nitrogens with zero attached hydrogens (tertiary/aromatic N) is 1. The molecular weight excluding hydrogens is 354 g/mol. The van der Waals surface area contributed by atoms with Gasteiger partial charge in [0.15, 0.2) is 0 Å². The van der Waals surface area contributed by atoms with Crippen LogP contribution >= 0.6 is 0 Å². The van der Waals surface area contributed by atoms with Gasteiger partial charge in [0.25, 0.3) is 10.0 Å². The van der Waals surface area contributed by atoms with Crippen molar-refractivity contribution in [2.75, 3.05) is 4.31 Å². The summed E-state index contributed by atoms with van der Waals surface area (Å²) < 4.78 is 28.4. The zero-order valence-corrected chi connectivity index (χ0v) is 17.0. The molecular formula is C23H25NO2S. The zero-order valence-electron chi connectivity index (χ0n) is 16.2. The number of anilines is 2. The Morgan fingerprint density at radius 2 is 1.07 bits per heavy atom. The molecule has 3 aromatic rings. The van der Waals surface area contributed by atoms with Gasteiger partial charge >= 0.3 is 0 Å². The molecule has 0 heterocycles. The van der Waals surface area contributed by atoms with Crippen LogP contribution in [0.2, 0.25) is 0 Å². The summed E-state index contributed by atoms with van der Waals surface area (Å²) in [6.07, 6.45) is 0. The first-order valence-corrected chi connectivity index (χ1v) is 10.5. The minimum Gasteiger partial charge on any atom is -0.235 e. The molecule has 0 aliphatic heterocycles. The summed E-state index contributed by atoms with van der Waals surface area (Å²) >= 11 is 0. The highest BCUT2D eigenvalue weighted by Crippen LogP contribution is 2.33. The van der Waals surface area contributed by atoms with Gasteiger partial charge in [0.2, 0.25) is 0 Å². The lowest BCUT2D eigenvalue weighted by Crippen LogP contribution is -2.26. The van der Waals surface area contributed by atoms with Gasteiger partial charge < -0.3 is 0 Å². The maximum absolute atomic E-state index is 13.5. The summed E-state index contributed by atoms with van der Waals surface area (Å²) in [4.78, 5) is 0.285. The van der Waals surface area contributed by atoms with Gasteiger partial charge in [-0.3, -0.25) is 0 Å². The largest absolute Gasteiger partial charge is 0.268 e. The molecule has 4 heteroatoms. The van der Waals surface area contributed by atoms with Crippen molar-refractivity contribution < 1.29 is 8.42 Å². The fourth-order valence-electron chi connectivity index (χ4n) is 2.92. The van der Waals surface area contributed by atoms with Crippen molar-refractivity contribution in [2.24, 2.45) is 0 Å². The van der Waals surface area contributed by atoms with Gasteiger partial charge in [-0.15, -0.1) is 0 Å². The summed E-state index contributed by atoms with van der Waals surface area (Å²) in [5.74, 6) is 0.354. The van der Waals surface area contributed by atoms with Crippen molar-refractivity contribution in [2.45, 2.75) is 38.5 Å². The number of hydrogen-bond donors (Lipinski definition) is 0. The van der Waals surface area contributed by atoms with E-state index in [1.165, 1.54) is 4.31 Å². The molecule has 0 aliphatic rings. The summed E-state index contributed by atoms with van der Waals surface area (Å²) in [6, 6.07) is 22.2. The summed E-state index contributed by atoms with van der Waals surface area (Å²) in [5, 5.41) is 0. The van der Waals surface area contributed by atoms with Crippen molar-refractivity contribution >= 4 is 21.4 Å². The third-order valence-electron chi connectivity index (χ3n) is 4.62. The predicted molar refractivity (Wildman–Crippen MR) is 112 cm³/mol. The lowest BCUT2D eigenvalue weighted by molar-refractivity contribution is 0.596. The highest BCUT2D eigenvalue weighted by atomic mass is 32.2. The number of hydrogen-bond acceptors (Lipinski definition) is 2. The Balaban J connectivity index is 2.13. The molecule has 0 fully saturated rings. The second-order valence-electron chi connectivity index (χ2n) is 7.16. The number of sulfonamides is 1. The van der Waals surface area contributed by atoms with Gasteiger partial charge in [-0.1, -0.05) is 61.4 Å². The Bertz CT molecular complexity index is 958. The number of aryl methyl sites for hydroxylation is 2. The molecule has 140 valence electrons. The monoisotopic (exact) mass is 379 g/mol. The van der Waals surface area contributed by atoms with Crippen LogP contribution in [0.3, 0.4) is 0 Å². The molecule has 0 spiro atoms. The van der Waals surface area contributed by atoms with Crippen LogP contribution in [0, 0.1) is 13.8 Å². The van der Waals surface area contributed by atoms with Gasteiger partial charge in [0.1, 0.15) is 0 Å². The number of benzene rings is 3. The Labute approximate surface area is 162 Å². The lowest BCUT2D eigenvalue weighted by Gasteiger charge is -2.25. The van der Waals surface area contributed by atoms with E-state index in [9.17, 15) is 8.42 Å². The van der Waals surface area contributed by atoms with Crippen LogP contribution in [-0.2, 0) is 10.0 Å². The third kappa shape index (κ3) is 4.06. The van der Waals surface area contributed by atoms with Crippen molar-refractivity contribution in [3.05, 3.63) is 89.5 Å². The van der Waals surface area contributed by atoms with E-state index in [-0.39, 0.29) is 4.90 Å². The van der Waals surface area contributed by atoms with Crippen molar-refractivity contribution in [3.8, 4) is 0 Å². The van der Waals surface area contributed by atoms with E-state index in [2.05, 4.69) is 13.8 Å². The Morgan fingerprint density at radius 3 is 1.44 bits per heavy atom. The molecule has 0 saturated heterocycles. The number of rotatable bonds is 5. The molecule has 3 aromatic carbocycles. The average molecular weight is 380 g/mol. The normalized spacial score (nSPS) is 11.6. The lowest BCUT2D eigenvalue weighted by atomic mass is 10.0. The van der Waals surface area contributed by atoms with E-state index < -0.39 is 10.0 Å². The molecule has 0 aromatic heterocycles. The first-order chi connectivity index (χ1) is 12.8. The maximum atomic E-state index is 13.5. The van der Waals surface area contributed by atoms with Crippen LogP contribution in [0.25, 0.3) is 0 Å². The van der Waals surface area contributed by atoms with E-state index in [1.807, 2.05) is 74.5 Å². The van der Waals surface area contributed by atoms with Gasteiger partial charge in [-0.25, -0.2) is 12.7 Å². The molecule has 3 nitrogen and oxygen atoms in total. The van der Waals surface area contributed by atoms with Gasteiger partial charge in [-0.05, 0) is 61.7 Å². The molecule has 0 bridgehead atoms. The van der Waals surface area contributed by atoms with Crippen molar-refractivity contribution in [1.29, 1.82) is 0 Å². The summed E-state index contributed by atoms with van der Waals surface area (Å²) in [5.41, 5.74) is 4.53. The van der Waals surface area contributed by atoms with Gasteiger partial charge in [0, 0.05) is 0 Å². The van der Waals surface area contributed by atoms with Gasteiger partial charge in [0.05, 0.1) is 16.3 Å². The molecule has 3 rings (SSSR count). The van der Waals surface area contributed by atoms with E-state index >= 15 is 0 Å². The standard InChI is InChI=1S/C23H25NO2S/c1-17(2)20-9-15-23(16-10-20)27(25,26)24(21-11-5-18(3)6-12-21)22-13-7-19(4)8-14-22/h5-17H,1-4H3. The second-order valence-corrected chi connectivity index (χ2v) is 8.95. The van der Waals surface area contributed by atoms with Crippen LogP contribution < -0.4 is 4.31 Å². The SMILES string of the molecule is Cc1ccc(N(c2ccc(C)cc2)S(=O)(=O)c2ccc(C(C)C)cc2)cc1. The topological polar surface area (TPSA) is 37.4 Å². The van der Waals surface area contributed by atoms with Crippen LogP contribution in [0.15, 0.2) is 77.7 Å². The quantitative estimate of drug-likeness (QED) is 0.549. The molecule has 27 heavy (non-hydrogen) atoms. The summed E-state index contributed by atoms with van der Waals surface area (Å²) in [7, 11) is -3.74. The Morgan fingerprint density at radius 1 is 0.667 bits per heavy atom. The Hall–Kier alpha value is -2.59. The second kappa shape index (κ2) is 7.57. The molecule has 0 atom stereocenters. The molecule has 0 saturated carbocycles. The smallest absolute Gasteiger partial charge is 0.235 e. The Kier molecular flexibility index (Phi) is 5.38. The summed E-state index contributed by atoms with van der Waals surface area (Å²) in [6.45, 7) is 8.15. The molecule has 0 N–H and O–H groups in total. The van der Waals surface area contributed by atoms with E-state index in [0.29, 0.717) is 17.3 Å². The molecule has 0 unspecified atom stereocenters. The minimum absolute atomic E-state index is 0.285. The maximum Gasteiger partial charge on any atom is 0.268 e. The van der Waals surface area contributed by atoms with Crippen LogP contribution in [0.1, 0.15) is 36.5 Å². The molecule has 0 radical (unpaired) electrons. The zero-order chi connectivity index (χ0) is 19.6. The highest BCUT2D eigenvalue weighted by Gasteiger charge is 2.26. The first kappa shape index (κ1) is 19.2. The first-order valence-electron chi connectivity index (χ1n) is 9.07. The predicted octanol–water partition coefficient (Wildman–Crippen LogP) is 5.95. The van der Waals surface area contributed by atoms with E-state index in [4.69, 9.17) is 0 Å². The highest BCUT2D eigenvalue weighted by molar-refractivity contribution is 7.93. The van der Waals surface area contributed by atoms with Crippen LogP contribution in [0.4, 0.5) is 11.4 Å². The van der Waals surface area contributed by atoms with Crippen molar-refractivity contribution in [1.82, 2.24) is 0 Å². The van der Waals surface area contributed by atoms with Crippen LogP contribution in [0.5, 0.6) is 0 Å². The minimum atomic E-state index is -3.74.